The Hall–Kier alpha value is -2.29. The minimum atomic E-state index is -1.25. The van der Waals surface area contributed by atoms with Crippen LogP contribution < -0.4 is 0 Å². The summed E-state index contributed by atoms with van der Waals surface area (Å²) < 4.78 is 23.2. The molecule has 188 valence electrons. The highest BCUT2D eigenvalue weighted by atomic mass is 16.6. The van der Waals surface area contributed by atoms with Crippen molar-refractivity contribution in [1.29, 1.82) is 0 Å². The molecule has 0 unspecified atom stereocenters. The van der Waals surface area contributed by atoms with E-state index in [4.69, 9.17) is 18.9 Å². The third-order valence-electron chi connectivity index (χ3n) is 10.2. The molecule has 3 aliphatic carbocycles. The summed E-state index contributed by atoms with van der Waals surface area (Å²) in [6, 6.07) is 0. The third kappa shape index (κ3) is 2.71. The van der Waals surface area contributed by atoms with Crippen LogP contribution in [0.25, 0.3) is 0 Å². The molecule has 0 aromatic heterocycles. The first-order valence-electron chi connectivity index (χ1n) is 12.4. The number of methoxy groups -OCH3 is 1. The third-order valence-corrected chi connectivity index (χ3v) is 10.2. The van der Waals surface area contributed by atoms with Gasteiger partial charge in [0, 0.05) is 28.9 Å². The van der Waals surface area contributed by atoms with E-state index in [0.717, 1.165) is 11.1 Å². The Kier molecular flexibility index (Phi) is 4.72. The maximum Gasteiger partial charge on any atom is 0.333 e. The van der Waals surface area contributed by atoms with Crippen molar-refractivity contribution in [2.45, 2.75) is 65.1 Å². The predicted octanol–water partition coefficient (Wildman–Crippen LogP) is 2.26. The fourth-order valence-corrected chi connectivity index (χ4v) is 8.76. The molecule has 0 radical (unpaired) electrons. The largest absolute Gasteiger partial charge is 0.469 e. The topological polar surface area (TPSA) is 108 Å². The number of aliphatic hydroxyl groups excluding tert-OH is 1. The maximum atomic E-state index is 13.0. The number of esters is 2. The molecule has 8 heteroatoms. The van der Waals surface area contributed by atoms with Crippen LogP contribution in [0.4, 0.5) is 0 Å². The second kappa shape index (κ2) is 7.14. The highest BCUT2D eigenvalue weighted by molar-refractivity contribution is 5.96. The lowest BCUT2D eigenvalue weighted by molar-refractivity contribution is -0.178. The summed E-state index contributed by atoms with van der Waals surface area (Å²) in [5, 5.41) is 10.3. The molecule has 10 atom stereocenters. The maximum absolute atomic E-state index is 13.0. The highest BCUT2D eigenvalue weighted by Gasteiger charge is 2.74. The Morgan fingerprint density at radius 2 is 2.00 bits per heavy atom. The minimum absolute atomic E-state index is 0.0587. The summed E-state index contributed by atoms with van der Waals surface area (Å²) >= 11 is 0. The Balaban J connectivity index is 1.52. The molecule has 0 aromatic carbocycles. The summed E-state index contributed by atoms with van der Waals surface area (Å²) in [6.45, 7) is 8.61. The van der Waals surface area contributed by atoms with Gasteiger partial charge in [-0.15, -0.1) is 0 Å². The fraction of sp³-hybridized carbons (Fsp3) is 0.667. The van der Waals surface area contributed by atoms with Gasteiger partial charge in [0.05, 0.1) is 43.9 Å². The van der Waals surface area contributed by atoms with Gasteiger partial charge in [0.1, 0.15) is 0 Å². The molecule has 0 spiro atoms. The first-order valence-corrected chi connectivity index (χ1v) is 12.4. The molecular weight excluding hydrogens is 452 g/mol. The average molecular weight is 485 g/mol. The lowest BCUT2D eigenvalue weighted by Crippen LogP contribution is -2.64. The predicted molar refractivity (Wildman–Crippen MR) is 121 cm³/mol. The van der Waals surface area contributed by atoms with Gasteiger partial charge in [0.2, 0.25) is 6.29 Å². The second-order valence-corrected chi connectivity index (χ2v) is 11.7. The SMILES string of the molecule is COC(=O)C[C@@H]1[C@@]2(C)C=CC(=O)[C@@]3(C)CO[C@H]([C@H]4O[C@@H]5C[C@@H](C6=CC(=O)O[C@H]6O)C(C)=C5[C@]41C)[C@H]23. The lowest BCUT2D eigenvalue weighted by Gasteiger charge is -2.60. The number of carbonyl (C=O) groups is 3. The van der Waals surface area contributed by atoms with E-state index < -0.39 is 28.5 Å². The highest BCUT2D eigenvalue weighted by Crippen LogP contribution is 2.71. The molecule has 3 aliphatic heterocycles. The molecule has 2 saturated heterocycles. The molecule has 0 aromatic rings. The number of ketones is 1. The Labute approximate surface area is 204 Å². The van der Waals surface area contributed by atoms with Gasteiger partial charge < -0.3 is 24.1 Å². The second-order valence-electron chi connectivity index (χ2n) is 11.7. The monoisotopic (exact) mass is 484 g/mol. The van der Waals surface area contributed by atoms with Gasteiger partial charge in [-0.2, -0.15) is 0 Å². The first-order chi connectivity index (χ1) is 16.5. The van der Waals surface area contributed by atoms with Crippen LogP contribution in [-0.2, 0) is 33.3 Å². The van der Waals surface area contributed by atoms with E-state index >= 15 is 0 Å². The number of hydrogen-bond donors (Lipinski definition) is 1. The van der Waals surface area contributed by atoms with Crippen LogP contribution in [0, 0.1) is 34.0 Å². The number of fused-ring (bicyclic) bond motifs is 4. The standard InChI is InChI=1S/C27H32O8/c1-12-13(14-9-19(30)35-24(14)31)8-15-20(12)27(4)16(10-18(29)32-5)25(2)7-6-17(28)26(3)11-33-21(22(25)26)23(27)34-15/h6-7,9,13,15-16,21-24,31H,8,10-11H2,1-5H3/t13-,15-,16-,21+,22-,23-,24-,25-,26-,27-/m1/s1. The van der Waals surface area contributed by atoms with Crippen LogP contribution in [0.3, 0.4) is 0 Å². The number of allylic oxidation sites excluding steroid dienone is 3. The molecule has 0 amide bonds. The van der Waals surface area contributed by atoms with Crippen molar-refractivity contribution in [3.63, 3.8) is 0 Å². The summed E-state index contributed by atoms with van der Waals surface area (Å²) in [7, 11) is 1.40. The van der Waals surface area contributed by atoms with Crippen molar-refractivity contribution >= 4 is 17.7 Å². The van der Waals surface area contributed by atoms with Gasteiger partial charge in [0.25, 0.3) is 0 Å². The van der Waals surface area contributed by atoms with Crippen molar-refractivity contribution in [3.8, 4) is 0 Å². The van der Waals surface area contributed by atoms with E-state index in [0.29, 0.717) is 18.6 Å². The number of cyclic esters (lactones) is 1. The van der Waals surface area contributed by atoms with E-state index in [1.807, 2.05) is 19.9 Å². The molecule has 1 saturated carbocycles. The zero-order valence-corrected chi connectivity index (χ0v) is 20.7. The summed E-state index contributed by atoms with van der Waals surface area (Å²) in [6.07, 6.45) is 3.70. The minimum Gasteiger partial charge on any atom is -0.469 e. The Morgan fingerprint density at radius 1 is 1.26 bits per heavy atom. The van der Waals surface area contributed by atoms with Gasteiger partial charge in [-0.05, 0) is 43.3 Å². The van der Waals surface area contributed by atoms with Crippen molar-refractivity contribution in [1.82, 2.24) is 0 Å². The molecule has 6 rings (SSSR count). The van der Waals surface area contributed by atoms with Crippen molar-refractivity contribution in [2.75, 3.05) is 13.7 Å². The molecule has 35 heavy (non-hydrogen) atoms. The molecule has 8 nitrogen and oxygen atoms in total. The fourth-order valence-electron chi connectivity index (χ4n) is 8.76. The summed E-state index contributed by atoms with van der Waals surface area (Å²) in [5.74, 6) is -1.29. The quantitative estimate of drug-likeness (QED) is 0.480. The van der Waals surface area contributed by atoms with Crippen molar-refractivity contribution < 1.29 is 38.4 Å². The van der Waals surface area contributed by atoms with E-state index in [-0.39, 0.29) is 54.2 Å². The van der Waals surface area contributed by atoms with Crippen molar-refractivity contribution in [3.05, 3.63) is 34.9 Å². The van der Waals surface area contributed by atoms with Crippen LogP contribution in [0.2, 0.25) is 0 Å². The molecule has 1 N–H and O–H groups in total. The molecule has 0 bridgehead atoms. The Morgan fingerprint density at radius 3 is 2.66 bits per heavy atom. The van der Waals surface area contributed by atoms with E-state index in [2.05, 4.69) is 13.8 Å². The normalized spacial score (nSPS) is 49.5. The average Bonchev–Trinajstić information content (AvgIpc) is 3.51. The van der Waals surface area contributed by atoms with Crippen LogP contribution in [0.15, 0.2) is 34.9 Å². The number of aliphatic hydroxyl groups is 1. The lowest BCUT2D eigenvalue weighted by atomic mass is 9.42. The van der Waals surface area contributed by atoms with Crippen LogP contribution >= 0.6 is 0 Å². The number of rotatable bonds is 3. The smallest absolute Gasteiger partial charge is 0.333 e. The van der Waals surface area contributed by atoms with Crippen molar-refractivity contribution in [2.24, 2.45) is 34.0 Å². The van der Waals surface area contributed by atoms with E-state index in [1.165, 1.54) is 13.2 Å². The zero-order valence-electron chi connectivity index (χ0n) is 20.7. The zero-order chi connectivity index (χ0) is 25.1. The van der Waals surface area contributed by atoms with Gasteiger partial charge >= 0.3 is 11.9 Å². The van der Waals surface area contributed by atoms with Gasteiger partial charge in [-0.1, -0.05) is 25.5 Å². The number of ether oxygens (including phenoxy) is 4. The molecule has 6 aliphatic rings. The first kappa shape index (κ1) is 23.1. The van der Waals surface area contributed by atoms with Gasteiger partial charge in [-0.3, -0.25) is 9.59 Å². The summed E-state index contributed by atoms with van der Waals surface area (Å²) in [4.78, 5) is 37.6. The van der Waals surface area contributed by atoms with Crippen LogP contribution in [0.1, 0.15) is 40.5 Å². The number of carbonyl (C=O) groups excluding carboxylic acids is 3. The van der Waals surface area contributed by atoms with Crippen LogP contribution in [0.5, 0.6) is 0 Å². The van der Waals surface area contributed by atoms with Crippen LogP contribution in [-0.4, -0.2) is 61.1 Å². The van der Waals surface area contributed by atoms with E-state index in [9.17, 15) is 19.5 Å². The molecule has 3 heterocycles. The molecule has 3 fully saturated rings. The summed E-state index contributed by atoms with van der Waals surface area (Å²) in [5.41, 5.74) is 0.952. The molecular formula is C27H32O8. The number of hydrogen-bond acceptors (Lipinski definition) is 8. The van der Waals surface area contributed by atoms with Gasteiger partial charge in [-0.25, -0.2) is 4.79 Å². The van der Waals surface area contributed by atoms with E-state index in [1.54, 1.807) is 6.08 Å². The Bertz CT molecular complexity index is 1130. The van der Waals surface area contributed by atoms with Gasteiger partial charge in [0.15, 0.2) is 5.78 Å².